The highest BCUT2D eigenvalue weighted by Gasteiger charge is 2.18. The maximum absolute atomic E-state index is 13.7. The van der Waals surface area contributed by atoms with Gasteiger partial charge in [0.2, 0.25) is 11.9 Å². The van der Waals surface area contributed by atoms with Crippen LogP contribution < -0.4 is 5.32 Å². The average Bonchev–Trinajstić information content (AvgIpc) is 3.00. The number of carbonyl (C=O) groups is 1. The maximum Gasteiger partial charge on any atom is 0.248 e. The molecule has 0 bridgehead atoms. The van der Waals surface area contributed by atoms with Crippen LogP contribution in [0, 0.1) is 5.82 Å². The van der Waals surface area contributed by atoms with E-state index in [1.807, 2.05) is 4.68 Å². The first kappa shape index (κ1) is 15.9. The van der Waals surface area contributed by atoms with Crippen molar-refractivity contribution in [1.29, 1.82) is 0 Å². The zero-order valence-electron chi connectivity index (χ0n) is 12.6. The quantitative estimate of drug-likeness (QED) is 0.924. The lowest BCUT2D eigenvalue weighted by atomic mass is 9.96. The van der Waals surface area contributed by atoms with E-state index in [-0.39, 0.29) is 23.0 Å². The standard InChI is InChI=1S/C16H18ClFN4O/c17-13-7-4-8-14(18)12(13)9-15(23)20-16-19-10-22(21-16)11-5-2-1-3-6-11/h4,7-8,10-11H,1-3,5-6,9H2,(H,20,21,23). The number of benzene rings is 1. The van der Waals surface area contributed by atoms with Crippen LogP contribution in [0.15, 0.2) is 24.5 Å². The fourth-order valence-electron chi connectivity index (χ4n) is 2.88. The Morgan fingerprint density at radius 3 is 2.87 bits per heavy atom. The van der Waals surface area contributed by atoms with Crippen molar-refractivity contribution in [3.8, 4) is 0 Å². The number of anilines is 1. The molecule has 1 fully saturated rings. The Morgan fingerprint density at radius 2 is 2.13 bits per heavy atom. The SMILES string of the molecule is O=C(Cc1c(F)cccc1Cl)Nc1ncn(C2CCCCC2)n1. The third kappa shape index (κ3) is 3.88. The van der Waals surface area contributed by atoms with Gasteiger partial charge in [-0.1, -0.05) is 36.9 Å². The minimum atomic E-state index is -0.492. The van der Waals surface area contributed by atoms with E-state index >= 15 is 0 Å². The van der Waals surface area contributed by atoms with Crippen LogP contribution in [-0.4, -0.2) is 20.7 Å². The van der Waals surface area contributed by atoms with Crippen LogP contribution in [0.3, 0.4) is 0 Å². The molecule has 1 aromatic carbocycles. The smallest absolute Gasteiger partial charge is 0.248 e. The van der Waals surface area contributed by atoms with Crippen molar-refractivity contribution < 1.29 is 9.18 Å². The summed E-state index contributed by atoms with van der Waals surface area (Å²) in [4.78, 5) is 16.2. The first-order valence-corrected chi connectivity index (χ1v) is 8.15. The number of halogens is 2. The van der Waals surface area contributed by atoms with E-state index in [9.17, 15) is 9.18 Å². The molecule has 122 valence electrons. The van der Waals surface area contributed by atoms with Gasteiger partial charge in [-0.25, -0.2) is 14.1 Å². The average molecular weight is 337 g/mol. The molecule has 1 aliphatic rings. The van der Waals surface area contributed by atoms with Crippen molar-refractivity contribution in [1.82, 2.24) is 14.8 Å². The van der Waals surface area contributed by atoms with Gasteiger partial charge in [-0.3, -0.25) is 10.1 Å². The molecule has 23 heavy (non-hydrogen) atoms. The van der Waals surface area contributed by atoms with Gasteiger partial charge >= 0.3 is 0 Å². The Balaban J connectivity index is 1.63. The Kier molecular flexibility index (Phi) is 4.91. The molecule has 3 rings (SSSR count). The third-order valence-corrected chi connectivity index (χ3v) is 4.46. The van der Waals surface area contributed by atoms with Crippen LogP contribution in [-0.2, 0) is 11.2 Å². The molecule has 1 heterocycles. The molecular formula is C16H18ClFN4O. The number of aromatic nitrogens is 3. The number of hydrogen-bond donors (Lipinski definition) is 1. The first-order chi connectivity index (χ1) is 11.1. The van der Waals surface area contributed by atoms with E-state index in [0.29, 0.717) is 6.04 Å². The fraction of sp³-hybridized carbons (Fsp3) is 0.438. The van der Waals surface area contributed by atoms with Crippen molar-refractivity contribution in [3.63, 3.8) is 0 Å². The summed E-state index contributed by atoms with van der Waals surface area (Å²) in [6.07, 6.45) is 7.31. The lowest BCUT2D eigenvalue weighted by molar-refractivity contribution is -0.115. The van der Waals surface area contributed by atoms with Crippen LogP contribution in [0.1, 0.15) is 43.7 Å². The molecular weight excluding hydrogens is 319 g/mol. The molecule has 0 aliphatic heterocycles. The fourth-order valence-corrected chi connectivity index (χ4v) is 3.11. The van der Waals surface area contributed by atoms with Gasteiger partial charge in [0.05, 0.1) is 12.5 Å². The highest BCUT2D eigenvalue weighted by molar-refractivity contribution is 6.31. The van der Waals surface area contributed by atoms with Crippen molar-refractivity contribution in [2.45, 2.75) is 44.6 Å². The van der Waals surface area contributed by atoms with E-state index in [1.165, 1.54) is 31.4 Å². The van der Waals surface area contributed by atoms with E-state index < -0.39 is 11.7 Å². The lowest BCUT2D eigenvalue weighted by Crippen LogP contribution is -2.17. The highest BCUT2D eigenvalue weighted by Crippen LogP contribution is 2.27. The summed E-state index contributed by atoms with van der Waals surface area (Å²) >= 11 is 5.93. The van der Waals surface area contributed by atoms with Gasteiger partial charge in [0.1, 0.15) is 12.1 Å². The first-order valence-electron chi connectivity index (χ1n) is 7.77. The summed E-state index contributed by atoms with van der Waals surface area (Å²) in [5.41, 5.74) is 0.179. The van der Waals surface area contributed by atoms with Crippen LogP contribution >= 0.6 is 11.6 Å². The molecule has 2 aromatic rings. The molecule has 1 aromatic heterocycles. The van der Waals surface area contributed by atoms with Crippen LogP contribution in [0.5, 0.6) is 0 Å². The Hall–Kier alpha value is -1.95. The number of nitrogens with one attached hydrogen (secondary N) is 1. The normalized spacial score (nSPS) is 15.6. The van der Waals surface area contributed by atoms with Crippen molar-refractivity contribution in [2.24, 2.45) is 0 Å². The lowest BCUT2D eigenvalue weighted by Gasteiger charge is -2.21. The zero-order valence-corrected chi connectivity index (χ0v) is 13.4. The molecule has 1 N–H and O–H groups in total. The number of amides is 1. The molecule has 0 unspecified atom stereocenters. The second-order valence-corrected chi connectivity index (χ2v) is 6.17. The molecule has 0 spiro atoms. The van der Waals surface area contributed by atoms with Gasteiger partial charge in [0, 0.05) is 10.6 Å². The van der Waals surface area contributed by atoms with E-state index in [1.54, 1.807) is 12.4 Å². The molecule has 7 heteroatoms. The van der Waals surface area contributed by atoms with Crippen molar-refractivity contribution in [2.75, 3.05) is 5.32 Å². The summed E-state index contributed by atoms with van der Waals surface area (Å²) in [7, 11) is 0. The summed E-state index contributed by atoms with van der Waals surface area (Å²) in [6, 6.07) is 4.70. The van der Waals surface area contributed by atoms with Crippen molar-refractivity contribution >= 4 is 23.5 Å². The maximum atomic E-state index is 13.7. The number of carbonyl (C=O) groups excluding carboxylic acids is 1. The predicted octanol–water partition coefficient (Wildman–Crippen LogP) is 3.76. The number of hydrogen-bond acceptors (Lipinski definition) is 3. The molecule has 1 aliphatic carbocycles. The Bertz CT molecular complexity index is 677. The van der Waals surface area contributed by atoms with Gasteiger partial charge in [-0.05, 0) is 25.0 Å². The number of nitrogens with zero attached hydrogens (tertiary/aromatic N) is 3. The highest BCUT2D eigenvalue weighted by atomic mass is 35.5. The summed E-state index contributed by atoms with van der Waals surface area (Å²) in [6.45, 7) is 0. The second-order valence-electron chi connectivity index (χ2n) is 5.77. The largest absolute Gasteiger partial charge is 0.293 e. The van der Waals surface area contributed by atoms with Gasteiger partial charge in [-0.2, -0.15) is 0 Å². The summed E-state index contributed by atoms with van der Waals surface area (Å²) in [5, 5.41) is 7.14. The second kappa shape index (κ2) is 7.08. The van der Waals surface area contributed by atoms with Gasteiger partial charge in [-0.15, -0.1) is 5.10 Å². The van der Waals surface area contributed by atoms with E-state index in [4.69, 9.17) is 11.6 Å². The van der Waals surface area contributed by atoms with E-state index in [2.05, 4.69) is 15.4 Å². The van der Waals surface area contributed by atoms with Gasteiger partial charge in [0.15, 0.2) is 0 Å². The van der Waals surface area contributed by atoms with Crippen LogP contribution in [0.25, 0.3) is 0 Å². The molecule has 0 atom stereocenters. The minimum Gasteiger partial charge on any atom is -0.293 e. The van der Waals surface area contributed by atoms with Crippen LogP contribution in [0.4, 0.5) is 10.3 Å². The third-order valence-electron chi connectivity index (χ3n) is 4.11. The Morgan fingerprint density at radius 1 is 1.35 bits per heavy atom. The Labute approximate surface area is 138 Å². The van der Waals surface area contributed by atoms with E-state index in [0.717, 1.165) is 12.8 Å². The molecule has 0 radical (unpaired) electrons. The molecule has 1 saturated carbocycles. The number of rotatable bonds is 4. The summed E-state index contributed by atoms with van der Waals surface area (Å²) in [5.74, 6) is -0.639. The molecule has 0 saturated heterocycles. The van der Waals surface area contributed by atoms with Crippen molar-refractivity contribution in [3.05, 3.63) is 40.9 Å². The van der Waals surface area contributed by atoms with Crippen LogP contribution in [0.2, 0.25) is 5.02 Å². The van der Waals surface area contributed by atoms with Gasteiger partial charge < -0.3 is 0 Å². The molecule has 1 amide bonds. The monoisotopic (exact) mass is 336 g/mol. The zero-order chi connectivity index (χ0) is 16.2. The summed E-state index contributed by atoms with van der Waals surface area (Å²) < 4.78 is 15.5. The predicted molar refractivity (Wildman–Crippen MR) is 85.9 cm³/mol. The molecule has 5 nitrogen and oxygen atoms in total. The minimum absolute atomic E-state index is 0.149. The topological polar surface area (TPSA) is 59.8 Å². The van der Waals surface area contributed by atoms with Gasteiger partial charge in [0.25, 0.3) is 0 Å².